The van der Waals surface area contributed by atoms with Gasteiger partial charge in [-0.3, -0.25) is 0 Å². The lowest BCUT2D eigenvalue weighted by Gasteiger charge is -1.99. The summed E-state index contributed by atoms with van der Waals surface area (Å²) in [5, 5.41) is 0. The van der Waals surface area contributed by atoms with Gasteiger partial charge < -0.3 is 0 Å². The predicted molar refractivity (Wildman–Crippen MR) is 51.3 cm³/mol. The average molecular weight is 152 g/mol. The summed E-state index contributed by atoms with van der Waals surface area (Å²) in [6.07, 6.45) is 3.65. The second-order valence-electron chi connectivity index (χ2n) is 3.76. The van der Waals surface area contributed by atoms with Crippen LogP contribution in [0.5, 0.6) is 0 Å². The summed E-state index contributed by atoms with van der Waals surface area (Å²) in [7, 11) is 0. The van der Waals surface area contributed by atoms with Crippen LogP contribution in [-0.4, -0.2) is 0 Å². The highest BCUT2D eigenvalue weighted by molar-refractivity contribution is 5.00. The third kappa shape index (κ3) is 9.56. The maximum absolute atomic E-state index is 3.19. The summed E-state index contributed by atoms with van der Waals surface area (Å²) in [6, 6.07) is 0. The molecule has 0 aromatic heterocycles. The maximum atomic E-state index is 3.19. The summed E-state index contributed by atoms with van der Waals surface area (Å²) in [5.41, 5.74) is 0. The first-order valence-electron chi connectivity index (χ1n) is 4.61. The van der Waals surface area contributed by atoms with E-state index in [1.165, 1.54) is 12.8 Å². The van der Waals surface area contributed by atoms with E-state index in [9.17, 15) is 0 Å². The van der Waals surface area contributed by atoms with E-state index >= 15 is 0 Å². The van der Waals surface area contributed by atoms with E-state index < -0.39 is 0 Å². The molecule has 0 aromatic rings. The second-order valence-corrected chi connectivity index (χ2v) is 3.76. The standard InChI is InChI=1S/C11H20/c1-10(2)8-6-5-7-9-11(3)4/h10-11H,5-6,8H2,1-4H3. The monoisotopic (exact) mass is 152 g/mol. The Morgan fingerprint density at radius 1 is 1.09 bits per heavy atom. The minimum atomic E-state index is 0.536. The Bertz CT molecular complexity index is 132. The van der Waals surface area contributed by atoms with Gasteiger partial charge in [-0.2, -0.15) is 0 Å². The molecule has 0 aliphatic carbocycles. The zero-order chi connectivity index (χ0) is 8.69. The number of rotatable bonds is 3. The highest BCUT2D eigenvalue weighted by atomic mass is 14.0. The third-order valence-corrected chi connectivity index (χ3v) is 1.47. The van der Waals surface area contributed by atoms with E-state index in [0.29, 0.717) is 5.92 Å². The number of hydrogen-bond donors (Lipinski definition) is 0. The van der Waals surface area contributed by atoms with Crippen LogP contribution in [0.15, 0.2) is 0 Å². The fraction of sp³-hybridized carbons (Fsp3) is 0.818. The van der Waals surface area contributed by atoms with Crippen LogP contribution in [0, 0.1) is 23.7 Å². The van der Waals surface area contributed by atoms with E-state index in [1.807, 2.05) is 0 Å². The molecule has 0 amide bonds. The second kappa shape index (κ2) is 6.28. The zero-order valence-corrected chi connectivity index (χ0v) is 8.28. The molecule has 0 heteroatoms. The minimum Gasteiger partial charge on any atom is -0.103 e. The molecule has 0 radical (unpaired) electrons. The molecule has 0 saturated carbocycles. The normalized spacial score (nSPS) is 10.0. The van der Waals surface area contributed by atoms with Gasteiger partial charge >= 0.3 is 0 Å². The lowest BCUT2D eigenvalue weighted by Crippen LogP contribution is -1.85. The Morgan fingerprint density at radius 2 is 1.73 bits per heavy atom. The van der Waals surface area contributed by atoms with Crippen molar-refractivity contribution >= 4 is 0 Å². The van der Waals surface area contributed by atoms with Crippen LogP contribution >= 0.6 is 0 Å². The molecule has 0 N–H and O–H groups in total. The Balaban J connectivity index is 3.22. The van der Waals surface area contributed by atoms with Gasteiger partial charge in [-0.15, -0.1) is 11.8 Å². The quantitative estimate of drug-likeness (QED) is 0.429. The minimum absolute atomic E-state index is 0.536. The average Bonchev–Trinajstić information content (AvgIpc) is 1.85. The van der Waals surface area contributed by atoms with Gasteiger partial charge in [0, 0.05) is 12.3 Å². The van der Waals surface area contributed by atoms with Crippen molar-refractivity contribution < 1.29 is 0 Å². The van der Waals surface area contributed by atoms with Gasteiger partial charge in [-0.1, -0.05) is 34.1 Å². The van der Waals surface area contributed by atoms with Gasteiger partial charge in [0.25, 0.3) is 0 Å². The van der Waals surface area contributed by atoms with E-state index in [2.05, 4.69) is 39.5 Å². The van der Waals surface area contributed by atoms with E-state index in [1.54, 1.807) is 0 Å². The van der Waals surface area contributed by atoms with Gasteiger partial charge in [-0.05, 0) is 12.3 Å². The summed E-state index contributed by atoms with van der Waals surface area (Å²) in [6.45, 7) is 8.79. The Morgan fingerprint density at radius 3 is 2.18 bits per heavy atom. The molecule has 0 nitrogen and oxygen atoms in total. The van der Waals surface area contributed by atoms with Crippen LogP contribution in [-0.2, 0) is 0 Å². The van der Waals surface area contributed by atoms with Crippen LogP contribution in [0.25, 0.3) is 0 Å². The molecule has 0 spiro atoms. The smallest absolute Gasteiger partial charge is 0.0146 e. The number of unbranched alkanes of at least 4 members (excludes halogenated alkanes) is 1. The van der Waals surface area contributed by atoms with Crippen LogP contribution in [0.4, 0.5) is 0 Å². The molecule has 0 saturated heterocycles. The van der Waals surface area contributed by atoms with Crippen LogP contribution in [0.1, 0.15) is 47.0 Å². The van der Waals surface area contributed by atoms with Crippen molar-refractivity contribution in [2.24, 2.45) is 11.8 Å². The first-order valence-corrected chi connectivity index (χ1v) is 4.61. The van der Waals surface area contributed by atoms with Crippen LogP contribution < -0.4 is 0 Å². The van der Waals surface area contributed by atoms with E-state index in [-0.39, 0.29) is 0 Å². The van der Waals surface area contributed by atoms with Gasteiger partial charge in [0.15, 0.2) is 0 Å². The Kier molecular flexibility index (Phi) is 6.03. The van der Waals surface area contributed by atoms with Gasteiger partial charge in [0.05, 0.1) is 0 Å². The Labute approximate surface area is 71.4 Å². The van der Waals surface area contributed by atoms with Crippen LogP contribution in [0.2, 0.25) is 0 Å². The largest absolute Gasteiger partial charge is 0.103 e. The van der Waals surface area contributed by atoms with Crippen molar-refractivity contribution in [1.29, 1.82) is 0 Å². The molecule has 0 fully saturated rings. The lowest BCUT2D eigenvalue weighted by atomic mass is 10.1. The van der Waals surface area contributed by atoms with Crippen molar-refractivity contribution in [2.45, 2.75) is 47.0 Å². The third-order valence-electron chi connectivity index (χ3n) is 1.47. The summed E-state index contributed by atoms with van der Waals surface area (Å²) in [4.78, 5) is 0. The first kappa shape index (κ1) is 10.6. The van der Waals surface area contributed by atoms with Gasteiger partial charge in [-0.25, -0.2) is 0 Å². The molecule has 0 aliphatic rings. The van der Waals surface area contributed by atoms with Crippen molar-refractivity contribution in [3.05, 3.63) is 0 Å². The highest BCUT2D eigenvalue weighted by Gasteiger charge is 1.90. The summed E-state index contributed by atoms with van der Waals surface area (Å²) in [5.74, 6) is 7.73. The fourth-order valence-electron chi connectivity index (χ4n) is 0.875. The molecule has 0 aromatic carbocycles. The lowest BCUT2D eigenvalue weighted by molar-refractivity contribution is 0.562. The van der Waals surface area contributed by atoms with Crippen LogP contribution in [0.3, 0.4) is 0 Å². The fourth-order valence-corrected chi connectivity index (χ4v) is 0.875. The molecular formula is C11H20. The van der Waals surface area contributed by atoms with Crippen molar-refractivity contribution in [3.63, 3.8) is 0 Å². The molecule has 64 valence electrons. The molecule has 0 heterocycles. The van der Waals surface area contributed by atoms with Crippen molar-refractivity contribution in [2.75, 3.05) is 0 Å². The molecule has 11 heavy (non-hydrogen) atoms. The zero-order valence-electron chi connectivity index (χ0n) is 8.28. The maximum Gasteiger partial charge on any atom is 0.0146 e. The summed E-state index contributed by atoms with van der Waals surface area (Å²) >= 11 is 0. The van der Waals surface area contributed by atoms with Crippen molar-refractivity contribution in [3.8, 4) is 11.8 Å². The number of hydrogen-bond acceptors (Lipinski definition) is 0. The van der Waals surface area contributed by atoms with Gasteiger partial charge in [0.2, 0.25) is 0 Å². The molecular weight excluding hydrogens is 132 g/mol. The van der Waals surface area contributed by atoms with Crippen molar-refractivity contribution in [1.82, 2.24) is 0 Å². The Hall–Kier alpha value is -0.440. The van der Waals surface area contributed by atoms with E-state index in [0.717, 1.165) is 12.3 Å². The molecule has 0 atom stereocenters. The summed E-state index contributed by atoms with van der Waals surface area (Å²) < 4.78 is 0. The first-order chi connectivity index (χ1) is 5.13. The molecule has 0 aliphatic heterocycles. The molecule has 0 bridgehead atoms. The molecule has 0 rings (SSSR count). The highest BCUT2D eigenvalue weighted by Crippen LogP contribution is 2.05. The predicted octanol–water partition coefficient (Wildman–Crippen LogP) is 3.47. The van der Waals surface area contributed by atoms with Gasteiger partial charge in [0.1, 0.15) is 0 Å². The topological polar surface area (TPSA) is 0 Å². The molecule has 0 unspecified atom stereocenters. The van der Waals surface area contributed by atoms with E-state index in [4.69, 9.17) is 0 Å². The SMILES string of the molecule is CC(C)C#CCCCC(C)C.